The first kappa shape index (κ1) is 14.8. The van der Waals surface area contributed by atoms with Gasteiger partial charge in [-0.3, -0.25) is 4.79 Å². The molecule has 5 heteroatoms. The van der Waals surface area contributed by atoms with Gasteiger partial charge in [-0.25, -0.2) is 0 Å². The van der Waals surface area contributed by atoms with E-state index in [0.717, 1.165) is 34.4 Å². The van der Waals surface area contributed by atoms with Crippen molar-refractivity contribution in [2.45, 2.75) is 12.6 Å². The lowest BCUT2D eigenvalue weighted by molar-refractivity contribution is 0.112. The number of para-hydroxylation sites is 1. The van der Waals surface area contributed by atoms with Gasteiger partial charge in [0.15, 0.2) is 6.29 Å². The Hall–Kier alpha value is -2.79. The first-order chi connectivity index (χ1) is 11.7. The average Bonchev–Trinajstić information content (AvgIpc) is 2.95. The predicted molar refractivity (Wildman–Crippen MR) is 93.3 cm³/mol. The monoisotopic (exact) mass is 322 g/mol. The van der Waals surface area contributed by atoms with Crippen LogP contribution in [0.4, 0.5) is 11.5 Å². The summed E-state index contributed by atoms with van der Waals surface area (Å²) in [5.74, 6) is 1.61. The van der Waals surface area contributed by atoms with Gasteiger partial charge in [0.25, 0.3) is 0 Å². The van der Waals surface area contributed by atoms with Crippen molar-refractivity contribution in [1.29, 1.82) is 0 Å². The van der Waals surface area contributed by atoms with Crippen molar-refractivity contribution in [2.75, 3.05) is 18.6 Å². The van der Waals surface area contributed by atoms with Crippen LogP contribution in [0.25, 0.3) is 10.9 Å². The fraction of sp³-hybridized carbons (Fsp3) is 0.211. The lowest BCUT2D eigenvalue weighted by Gasteiger charge is -2.34. The fourth-order valence-electron chi connectivity index (χ4n) is 3.46. The maximum absolute atomic E-state index is 11.8. The zero-order chi connectivity index (χ0) is 16.7. The standard InChI is InChI=1S/C19H18N2O3/c1-24-15-8-6-13(7-9-15)20-10-14(23)11-21-18-5-3-2-4-16(18)17(12-22)19(20)21/h2-9,12,14,23H,10-11H2,1H3. The summed E-state index contributed by atoms with van der Waals surface area (Å²) in [4.78, 5) is 13.8. The summed E-state index contributed by atoms with van der Waals surface area (Å²) in [5.41, 5.74) is 2.54. The Kier molecular flexibility index (Phi) is 3.50. The highest BCUT2D eigenvalue weighted by Gasteiger charge is 2.29. The molecule has 24 heavy (non-hydrogen) atoms. The number of fused-ring (bicyclic) bond motifs is 3. The third-order valence-corrected chi connectivity index (χ3v) is 4.53. The quantitative estimate of drug-likeness (QED) is 0.753. The minimum absolute atomic E-state index is 0.448. The molecule has 1 N–H and O–H groups in total. The van der Waals surface area contributed by atoms with Crippen molar-refractivity contribution < 1.29 is 14.6 Å². The minimum Gasteiger partial charge on any atom is -0.497 e. The molecule has 5 nitrogen and oxygen atoms in total. The van der Waals surface area contributed by atoms with Crippen molar-refractivity contribution >= 4 is 28.7 Å². The largest absolute Gasteiger partial charge is 0.497 e. The lowest BCUT2D eigenvalue weighted by atomic mass is 10.1. The minimum atomic E-state index is -0.505. The number of aliphatic hydroxyl groups excluding tert-OH is 1. The molecule has 1 aliphatic rings. The van der Waals surface area contributed by atoms with Crippen LogP contribution in [0.2, 0.25) is 0 Å². The number of carbonyl (C=O) groups excluding carboxylic acids is 1. The number of aldehydes is 1. The number of nitrogens with zero attached hydrogens (tertiary/aromatic N) is 2. The van der Waals surface area contributed by atoms with Gasteiger partial charge < -0.3 is 19.3 Å². The van der Waals surface area contributed by atoms with Gasteiger partial charge in [0.2, 0.25) is 0 Å². The van der Waals surface area contributed by atoms with Crippen molar-refractivity contribution in [3.05, 3.63) is 54.1 Å². The molecule has 2 heterocycles. The number of rotatable bonds is 3. The molecular weight excluding hydrogens is 304 g/mol. The molecule has 1 aromatic heterocycles. The molecule has 3 aromatic rings. The summed E-state index contributed by atoms with van der Waals surface area (Å²) in [6.45, 7) is 0.930. The Morgan fingerprint density at radius 2 is 1.88 bits per heavy atom. The molecule has 0 bridgehead atoms. The summed E-state index contributed by atoms with van der Waals surface area (Å²) >= 11 is 0. The summed E-state index contributed by atoms with van der Waals surface area (Å²) in [6, 6.07) is 15.4. The van der Waals surface area contributed by atoms with E-state index < -0.39 is 6.10 Å². The molecule has 0 radical (unpaired) electrons. The number of benzene rings is 2. The third kappa shape index (κ3) is 2.17. The van der Waals surface area contributed by atoms with Crippen LogP contribution in [0.3, 0.4) is 0 Å². The molecule has 1 aliphatic heterocycles. The Morgan fingerprint density at radius 3 is 2.58 bits per heavy atom. The SMILES string of the molecule is COc1ccc(N2CC(O)Cn3c2c(C=O)c2ccccc23)cc1. The molecule has 0 saturated heterocycles. The van der Waals surface area contributed by atoms with Gasteiger partial charge in [0.05, 0.1) is 37.4 Å². The summed E-state index contributed by atoms with van der Waals surface area (Å²) < 4.78 is 7.24. The molecule has 0 fully saturated rings. The fourth-order valence-corrected chi connectivity index (χ4v) is 3.46. The number of methoxy groups -OCH3 is 1. The van der Waals surface area contributed by atoms with Crippen LogP contribution < -0.4 is 9.64 Å². The van der Waals surface area contributed by atoms with E-state index in [9.17, 15) is 9.90 Å². The first-order valence-corrected chi connectivity index (χ1v) is 7.89. The van der Waals surface area contributed by atoms with E-state index in [1.165, 1.54) is 0 Å². The van der Waals surface area contributed by atoms with E-state index in [1.807, 2.05) is 58.0 Å². The number of anilines is 2. The smallest absolute Gasteiger partial charge is 0.154 e. The van der Waals surface area contributed by atoms with E-state index in [2.05, 4.69) is 0 Å². The molecule has 4 rings (SSSR count). The normalized spacial score (nSPS) is 16.9. The summed E-state index contributed by atoms with van der Waals surface area (Å²) in [5, 5.41) is 11.3. The van der Waals surface area contributed by atoms with Gasteiger partial charge in [-0.05, 0) is 30.3 Å². The second-order valence-corrected chi connectivity index (χ2v) is 5.95. The van der Waals surface area contributed by atoms with Gasteiger partial charge in [-0.15, -0.1) is 0 Å². The number of aromatic nitrogens is 1. The molecule has 2 aromatic carbocycles. The van der Waals surface area contributed by atoms with Crippen LogP contribution in [0, 0.1) is 0 Å². The van der Waals surface area contributed by atoms with Crippen molar-refractivity contribution in [1.82, 2.24) is 4.57 Å². The van der Waals surface area contributed by atoms with Gasteiger partial charge in [-0.2, -0.15) is 0 Å². The van der Waals surface area contributed by atoms with E-state index in [0.29, 0.717) is 18.7 Å². The summed E-state index contributed by atoms with van der Waals surface area (Å²) in [7, 11) is 1.63. The first-order valence-electron chi connectivity index (χ1n) is 7.89. The number of hydrogen-bond acceptors (Lipinski definition) is 4. The molecule has 0 aliphatic carbocycles. The Labute approximate surface area is 139 Å². The van der Waals surface area contributed by atoms with Crippen LogP contribution >= 0.6 is 0 Å². The highest BCUT2D eigenvalue weighted by molar-refractivity contribution is 6.05. The van der Waals surface area contributed by atoms with Crippen molar-refractivity contribution in [3.8, 4) is 5.75 Å². The number of aliphatic hydroxyl groups is 1. The zero-order valence-electron chi connectivity index (χ0n) is 13.3. The van der Waals surface area contributed by atoms with Crippen LogP contribution in [0.15, 0.2) is 48.5 Å². The molecule has 0 saturated carbocycles. The molecular formula is C19H18N2O3. The molecule has 1 atom stereocenters. The van der Waals surface area contributed by atoms with Crippen molar-refractivity contribution in [3.63, 3.8) is 0 Å². The van der Waals surface area contributed by atoms with Crippen molar-refractivity contribution in [2.24, 2.45) is 0 Å². The van der Waals surface area contributed by atoms with Crippen LogP contribution in [-0.4, -0.2) is 35.7 Å². The van der Waals surface area contributed by atoms with E-state index in [1.54, 1.807) is 7.11 Å². The number of ether oxygens (including phenoxy) is 1. The second kappa shape index (κ2) is 5.69. The number of hydrogen-bond donors (Lipinski definition) is 1. The van der Waals surface area contributed by atoms with Crippen LogP contribution in [0.5, 0.6) is 5.75 Å². The van der Waals surface area contributed by atoms with E-state index in [4.69, 9.17) is 4.74 Å². The Balaban J connectivity index is 1.94. The molecule has 0 amide bonds. The molecule has 1 unspecified atom stereocenters. The highest BCUT2D eigenvalue weighted by Crippen LogP contribution is 2.38. The average molecular weight is 322 g/mol. The Morgan fingerprint density at radius 1 is 1.12 bits per heavy atom. The Bertz CT molecular complexity index is 899. The third-order valence-electron chi connectivity index (χ3n) is 4.53. The van der Waals surface area contributed by atoms with Gasteiger partial charge in [-0.1, -0.05) is 18.2 Å². The maximum atomic E-state index is 11.8. The van der Waals surface area contributed by atoms with Gasteiger partial charge >= 0.3 is 0 Å². The predicted octanol–water partition coefficient (Wildman–Crippen LogP) is 2.98. The highest BCUT2D eigenvalue weighted by atomic mass is 16.5. The molecule has 0 spiro atoms. The lowest BCUT2D eigenvalue weighted by Crippen LogP contribution is -2.38. The zero-order valence-corrected chi connectivity index (χ0v) is 13.3. The summed E-state index contributed by atoms with van der Waals surface area (Å²) in [6.07, 6.45) is 0.400. The molecule has 122 valence electrons. The number of β-amino-alcohol motifs (C(OH)–C–C–N with tert-alkyl or cyclic N) is 1. The number of carbonyl (C=O) groups is 1. The van der Waals surface area contributed by atoms with E-state index >= 15 is 0 Å². The van der Waals surface area contributed by atoms with Crippen LogP contribution in [0.1, 0.15) is 10.4 Å². The van der Waals surface area contributed by atoms with Gasteiger partial charge in [0, 0.05) is 11.1 Å². The van der Waals surface area contributed by atoms with Crippen LogP contribution in [-0.2, 0) is 6.54 Å². The second-order valence-electron chi connectivity index (χ2n) is 5.95. The van der Waals surface area contributed by atoms with Gasteiger partial charge in [0.1, 0.15) is 11.6 Å². The maximum Gasteiger partial charge on any atom is 0.154 e. The topological polar surface area (TPSA) is 54.7 Å². The van der Waals surface area contributed by atoms with E-state index in [-0.39, 0.29) is 0 Å².